The molecule has 2 aromatic carbocycles. The molecule has 0 spiro atoms. The zero-order valence-electron chi connectivity index (χ0n) is 21.0. The largest absolute Gasteiger partial charge is 0.497 e. The standard InChI is InChI=1S/C27H29N5O5/c1-18(27(35)12-14-30(15-13-27)25(33)19-4-8-21(36-2)9-5-19)31-17-28-24-23(26(31)34)16-29-32(24)20-6-10-22(37-3)11-7-20/h4-11,16-18,35H,12-15H2,1-3H3. The van der Waals surface area contributed by atoms with E-state index in [1.807, 2.05) is 31.2 Å². The Morgan fingerprint density at radius 2 is 1.59 bits per heavy atom. The molecule has 0 bridgehead atoms. The van der Waals surface area contributed by atoms with Gasteiger partial charge < -0.3 is 19.5 Å². The minimum absolute atomic E-state index is 0.0939. The summed E-state index contributed by atoms with van der Waals surface area (Å²) >= 11 is 0. The molecule has 10 heteroatoms. The van der Waals surface area contributed by atoms with E-state index < -0.39 is 11.6 Å². The average Bonchev–Trinajstić information content (AvgIpc) is 3.38. The molecule has 1 aliphatic rings. The lowest BCUT2D eigenvalue weighted by Gasteiger charge is -2.42. The van der Waals surface area contributed by atoms with Crippen molar-refractivity contribution < 1.29 is 19.4 Å². The highest BCUT2D eigenvalue weighted by Crippen LogP contribution is 2.33. The van der Waals surface area contributed by atoms with Crippen LogP contribution in [0, 0.1) is 0 Å². The first-order valence-corrected chi connectivity index (χ1v) is 12.1. The van der Waals surface area contributed by atoms with Gasteiger partial charge in [-0.15, -0.1) is 0 Å². The summed E-state index contributed by atoms with van der Waals surface area (Å²) in [5.41, 5.74) is 0.315. The van der Waals surface area contributed by atoms with Crippen LogP contribution in [-0.2, 0) is 0 Å². The van der Waals surface area contributed by atoms with Crippen molar-refractivity contribution in [2.24, 2.45) is 0 Å². The van der Waals surface area contributed by atoms with Gasteiger partial charge in [-0.25, -0.2) is 9.67 Å². The Morgan fingerprint density at radius 1 is 1.00 bits per heavy atom. The van der Waals surface area contributed by atoms with Crippen molar-refractivity contribution in [2.75, 3.05) is 27.3 Å². The Hall–Kier alpha value is -4.18. The molecule has 3 heterocycles. The third-order valence-corrected chi connectivity index (χ3v) is 7.28. The van der Waals surface area contributed by atoms with Gasteiger partial charge in [0, 0.05) is 18.7 Å². The van der Waals surface area contributed by atoms with Gasteiger partial charge in [-0.05, 0) is 68.3 Å². The van der Waals surface area contributed by atoms with E-state index in [1.165, 1.54) is 17.1 Å². The van der Waals surface area contributed by atoms with E-state index in [-0.39, 0.29) is 11.5 Å². The Kier molecular flexibility index (Phi) is 6.43. The van der Waals surface area contributed by atoms with Gasteiger partial charge in [0.2, 0.25) is 0 Å². The van der Waals surface area contributed by atoms with Gasteiger partial charge in [0.1, 0.15) is 23.2 Å². The number of carbonyl (C=O) groups is 1. The molecular weight excluding hydrogens is 474 g/mol. The molecule has 5 rings (SSSR count). The number of hydrogen-bond donors (Lipinski definition) is 1. The minimum atomic E-state index is -1.16. The van der Waals surface area contributed by atoms with Crippen molar-refractivity contribution in [1.29, 1.82) is 0 Å². The minimum Gasteiger partial charge on any atom is -0.497 e. The number of rotatable bonds is 6. The van der Waals surface area contributed by atoms with Crippen molar-refractivity contribution in [1.82, 2.24) is 24.2 Å². The highest BCUT2D eigenvalue weighted by Gasteiger charge is 2.40. The summed E-state index contributed by atoms with van der Waals surface area (Å²) in [4.78, 5) is 32.5. The van der Waals surface area contributed by atoms with Crippen molar-refractivity contribution in [3.63, 3.8) is 0 Å². The van der Waals surface area contributed by atoms with E-state index >= 15 is 0 Å². The van der Waals surface area contributed by atoms with Crippen LogP contribution in [0.1, 0.15) is 36.2 Å². The summed E-state index contributed by atoms with van der Waals surface area (Å²) in [6, 6.07) is 13.7. The van der Waals surface area contributed by atoms with Crippen LogP contribution in [0.15, 0.2) is 65.8 Å². The molecule has 1 unspecified atom stereocenters. The molecule has 1 amide bonds. The Morgan fingerprint density at radius 3 is 2.19 bits per heavy atom. The van der Waals surface area contributed by atoms with Gasteiger partial charge in [0.05, 0.1) is 37.7 Å². The number of nitrogens with zero attached hydrogens (tertiary/aromatic N) is 5. The predicted octanol–water partition coefficient (Wildman–Crippen LogP) is 2.83. The molecule has 1 aliphatic heterocycles. The molecule has 1 atom stereocenters. The van der Waals surface area contributed by atoms with Crippen molar-refractivity contribution in [3.8, 4) is 17.2 Å². The van der Waals surface area contributed by atoms with Crippen molar-refractivity contribution in [3.05, 3.63) is 77.0 Å². The first-order valence-electron chi connectivity index (χ1n) is 12.1. The van der Waals surface area contributed by atoms with Gasteiger partial charge in [-0.2, -0.15) is 5.10 Å². The van der Waals surface area contributed by atoms with E-state index in [1.54, 1.807) is 48.1 Å². The molecule has 0 saturated carbocycles. The molecule has 1 fully saturated rings. The van der Waals surface area contributed by atoms with E-state index in [9.17, 15) is 14.7 Å². The second-order valence-electron chi connectivity index (χ2n) is 9.25. The summed E-state index contributed by atoms with van der Waals surface area (Å²) in [6.07, 6.45) is 3.64. The van der Waals surface area contributed by atoms with E-state index in [2.05, 4.69) is 10.1 Å². The van der Waals surface area contributed by atoms with E-state index in [4.69, 9.17) is 9.47 Å². The van der Waals surface area contributed by atoms with Gasteiger partial charge in [0.15, 0.2) is 5.65 Å². The molecule has 0 radical (unpaired) electrons. The number of likely N-dealkylation sites (tertiary alicyclic amines) is 1. The third kappa shape index (κ3) is 4.44. The van der Waals surface area contributed by atoms with Gasteiger partial charge in [-0.1, -0.05) is 0 Å². The van der Waals surface area contributed by atoms with Gasteiger partial charge in [0.25, 0.3) is 11.5 Å². The normalized spacial score (nSPS) is 15.9. The van der Waals surface area contributed by atoms with Crippen molar-refractivity contribution >= 4 is 16.9 Å². The zero-order chi connectivity index (χ0) is 26.2. The average molecular weight is 504 g/mol. The predicted molar refractivity (Wildman–Crippen MR) is 137 cm³/mol. The summed E-state index contributed by atoms with van der Waals surface area (Å²) in [5, 5.41) is 16.2. The van der Waals surface area contributed by atoms with Gasteiger partial charge >= 0.3 is 0 Å². The number of piperidine rings is 1. The fraction of sp³-hybridized carbons (Fsp3) is 0.333. The SMILES string of the molecule is COc1ccc(C(=O)N2CCC(O)(C(C)n3cnc4c(cnn4-c4ccc(OC)cc4)c3=O)CC2)cc1. The number of aromatic nitrogens is 4. The monoisotopic (exact) mass is 503 g/mol. The van der Waals surface area contributed by atoms with Crippen LogP contribution in [0.2, 0.25) is 0 Å². The second-order valence-corrected chi connectivity index (χ2v) is 9.25. The van der Waals surface area contributed by atoms with Crippen LogP contribution in [0.25, 0.3) is 16.7 Å². The number of amides is 1. The van der Waals surface area contributed by atoms with Crippen LogP contribution in [0.5, 0.6) is 11.5 Å². The first-order chi connectivity index (χ1) is 17.8. The number of ether oxygens (including phenoxy) is 2. The van der Waals surface area contributed by atoms with Crippen LogP contribution in [-0.4, -0.2) is 68.2 Å². The number of carbonyl (C=O) groups excluding carboxylic acids is 1. The van der Waals surface area contributed by atoms with Crippen LogP contribution in [0.4, 0.5) is 0 Å². The fourth-order valence-electron chi connectivity index (χ4n) is 4.80. The maximum atomic E-state index is 13.4. The third-order valence-electron chi connectivity index (χ3n) is 7.28. The molecule has 192 valence electrons. The van der Waals surface area contributed by atoms with E-state index in [0.717, 1.165) is 5.69 Å². The first kappa shape index (κ1) is 24.5. The number of fused-ring (bicyclic) bond motifs is 1. The van der Waals surface area contributed by atoms with Crippen LogP contribution in [0.3, 0.4) is 0 Å². The molecule has 2 aromatic heterocycles. The van der Waals surface area contributed by atoms with Crippen LogP contribution < -0.4 is 15.0 Å². The van der Waals surface area contributed by atoms with Gasteiger partial charge in [-0.3, -0.25) is 14.2 Å². The number of methoxy groups -OCH3 is 2. The topological polar surface area (TPSA) is 112 Å². The maximum absolute atomic E-state index is 13.4. The van der Waals surface area contributed by atoms with E-state index in [0.29, 0.717) is 54.0 Å². The second kappa shape index (κ2) is 9.70. The quantitative estimate of drug-likeness (QED) is 0.431. The molecule has 1 N–H and O–H groups in total. The summed E-state index contributed by atoms with van der Waals surface area (Å²) in [5.74, 6) is 1.31. The molecule has 1 saturated heterocycles. The number of benzene rings is 2. The number of aliphatic hydroxyl groups is 1. The zero-order valence-corrected chi connectivity index (χ0v) is 21.0. The highest BCUT2D eigenvalue weighted by molar-refractivity contribution is 5.94. The van der Waals surface area contributed by atoms with Crippen LogP contribution >= 0.6 is 0 Å². The molecule has 10 nitrogen and oxygen atoms in total. The lowest BCUT2D eigenvalue weighted by Crippen LogP contribution is -2.51. The lowest BCUT2D eigenvalue weighted by molar-refractivity contribution is -0.0523. The number of hydrogen-bond acceptors (Lipinski definition) is 7. The Balaban J connectivity index is 1.34. The fourth-order valence-corrected chi connectivity index (χ4v) is 4.80. The maximum Gasteiger partial charge on any atom is 0.264 e. The Labute approximate surface area is 213 Å². The van der Waals surface area contributed by atoms with Crippen molar-refractivity contribution in [2.45, 2.75) is 31.4 Å². The molecule has 0 aliphatic carbocycles. The smallest absolute Gasteiger partial charge is 0.264 e. The lowest BCUT2D eigenvalue weighted by atomic mass is 9.84. The summed E-state index contributed by atoms with van der Waals surface area (Å²) < 4.78 is 13.4. The molecule has 4 aromatic rings. The molecule has 37 heavy (non-hydrogen) atoms. The summed E-state index contributed by atoms with van der Waals surface area (Å²) in [7, 11) is 3.18. The highest BCUT2D eigenvalue weighted by atomic mass is 16.5. The Bertz CT molecular complexity index is 1470. The molecular formula is C27H29N5O5. The summed E-state index contributed by atoms with van der Waals surface area (Å²) in [6.45, 7) is 2.57.